The maximum atomic E-state index is 2.59. The molecule has 0 saturated heterocycles. The van der Waals surface area contributed by atoms with Crippen molar-refractivity contribution >= 4 is 42.9 Å². The minimum absolute atomic E-state index is 0.0235. The van der Waals surface area contributed by atoms with Crippen molar-refractivity contribution in [2.45, 2.75) is 24.3 Å². The lowest BCUT2D eigenvalue weighted by Crippen LogP contribution is -2.35. The average Bonchev–Trinajstić information content (AvgIpc) is 3.87. The van der Waals surface area contributed by atoms with E-state index in [4.69, 9.17) is 0 Å². The Balaban J connectivity index is 1.01. The van der Waals surface area contributed by atoms with Gasteiger partial charge in [-0.3, -0.25) is 0 Å². The molecule has 0 saturated carbocycles. The molecule has 3 atom stereocenters. The summed E-state index contributed by atoms with van der Waals surface area (Å²) in [6.07, 6.45) is 9.28. The maximum Gasteiger partial charge on any atom is 0.0628 e. The van der Waals surface area contributed by atoms with Crippen LogP contribution in [0.3, 0.4) is 0 Å². The number of anilines is 2. The largest absolute Gasteiger partial charge is 0.334 e. The molecule has 0 aliphatic heterocycles. The molecule has 304 valence electrons. The van der Waals surface area contributed by atoms with E-state index in [0.717, 1.165) is 5.69 Å². The summed E-state index contributed by atoms with van der Waals surface area (Å²) in [5.74, 6) is 0.0501. The van der Waals surface area contributed by atoms with Crippen LogP contribution >= 0.6 is 11.3 Å². The van der Waals surface area contributed by atoms with E-state index in [1.54, 1.807) is 0 Å². The van der Waals surface area contributed by atoms with Gasteiger partial charge in [0.25, 0.3) is 0 Å². The minimum atomic E-state index is -0.270. The predicted octanol–water partition coefficient (Wildman–Crippen LogP) is 16.8. The molecule has 1 nitrogen and oxygen atoms in total. The summed E-state index contributed by atoms with van der Waals surface area (Å²) in [6.45, 7) is 2.40. The highest BCUT2D eigenvalue weighted by atomic mass is 32.1. The summed E-state index contributed by atoms with van der Waals surface area (Å²) < 4.78 is 2.65. The van der Waals surface area contributed by atoms with Crippen LogP contribution < -0.4 is 4.90 Å². The Morgan fingerprint density at radius 1 is 0.406 bits per heavy atom. The van der Waals surface area contributed by atoms with E-state index < -0.39 is 0 Å². The van der Waals surface area contributed by atoms with E-state index in [1.165, 1.54) is 92.6 Å². The molecule has 2 aliphatic carbocycles. The van der Waals surface area contributed by atoms with Crippen LogP contribution in [-0.4, -0.2) is 6.04 Å². The molecule has 1 heterocycles. The smallest absolute Gasteiger partial charge is 0.0628 e. The third-order valence-electron chi connectivity index (χ3n) is 13.8. The fourth-order valence-corrected chi connectivity index (χ4v) is 11.8. The van der Waals surface area contributed by atoms with Crippen molar-refractivity contribution in [3.63, 3.8) is 0 Å². The summed E-state index contributed by atoms with van der Waals surface area (Å²) in [6, 6.07) is 80.9. The standard InChI is InChI=1S/C62H45NS/c1-62(45-20-6-3-7-21-45)57-29-15-12-26-52(57)55-41-47(37-38-58(55)62)63(46-35-32-42(33-36-46)44-34-39-61-56(40-44)54-28-14-17-31-60(54)64-61)59-30-16-13-27-53(59)51-25-11-10-24-50(51)49-23-9-8-22-48(49)43-18-4-2-5-19-43/h2-41,53,59H,1H3. The van der Waals surface area contributed by atoms with Gasteiger partial charge in [-0.1, -0.05) is 200 Å². The number of rotatable bonds is 8. The fraction of sp³-hybridized carbons (Fsp3) is 0.0645. The second-order valence-corrected chi connectivity index (χ2v) is 18.4. The van der Waals surface area contributed by atoms with E-state index in [0.29, 0.717) is 0 Å². The fourth-order valence-electron chi connectivity index (χ4n) is 10.7. The van der Waals surface area contributed by atoms with Crippen molar-refractivity contribution in [3.8, 4) is 44.5 Å². The Labute approximate surface area is 379 Å². The molecule has 0 fully saturated rings. The third-order valence-corrected chi connectivity index (χ3v) is 15.0. The van der Waals surface area contributed by atoms with Gasteiger partial charge < -0.3 is 4.90 Å². The first-order valence-corrected chi connectivity index (χ1v) is 23.1. The Morgan fingerprint density at radius 3 is 1.84 bits per heavy atom. The van der Waals surface area contributed by atoms with E-state index in [1.807, 2.05) is 11.3 Å². The van der Waals surface area contributed by atoms with Crippen LogP contribution in [0, 0.1) is 0 Å². The number of benzene rings is 9. The van der Waals surface area contributed by atoms with Crippen LogP contribution in [-0.2, 0) is 5.41 Å². The number of hydrogen-bond donors (Lipinski definition) is 0. The lowest BCUT2D eigenvalue weighted by molar-refractivity contribution is 0.690. The molecule has 12 rings (SSSR count). The van der Waals surface area contributed by atoms with Crippen LogP contribution in [0.5, 0.6) is 0 Å². The van der Waals surface area contributed by atoms with E-state index in [2.05, 4.69) is 255 Å². The molecule has 0 spiro atoms. The number of fused-ring (bicyclic) bond motifs is 6. The maximum absolute atomic E-state index is 2.59. The summed E-state index contributed by atoms with van der Waals surface area (Å²) in [5, 5.41) is 2.64. The normalized spacial score (nSPS) is 17.4. The van der Waals surface area contributed by atoms with Crippen molar-refractivity contribution < 1.29 is 0 Å². The average molecular weight is 836 g/mol. The van der Waals surface area contributed by atoms with Gasteiger partial charge >= 0.3 is 0 Å². The summed E-state index contributed by atoms with van der Waals surface area (Å²) >= 11 is 1.87. The Morgan fingerprint density at radius 2 is 1.02 bits per heavy atom. The molecule has 0 radical (unpaired) electrons. The molecule has 10 aromatic rings. The van der Waals surface area contributed by atoms with Crippen LogP contribution in [0.2, 0.25) is 0 Å². The topological polar surface area (TPSA) is 3.24 Å². The van der Waals surface area contributed by atoms with Gasteiger partial charge in [-0.15, -0.1) is 11.3 Å². The molecular formula is C62H45NS. The molecule has 1 aromatic heterocycles. The van der Waals surface area contributed by atoms with Gasteiger partial charge in [-0.05, 0) is 116 Å². The lowest BCUT2D eigenvalue weighted by Gasteiger charge is -2.38. The molecule has 3 unspecified atom stereocenters. The predicted molar refractivity (Wildman–Crippen MR) is 273 cm³/mol. The molecule has 0 bridgehead atoms. The van der Waals surface area contributed by atoms with Gasteiger partial charge in [0.05, 0.1) is 6.04 Å². The quantitative estimate of drug-likeness (QED) is 0.147. The highest BCUT2D eigenvalue weighted by molar-refractivity contribution is 7.25. The van der Waals surface area contributed by atoms with Crippen molar-refractivity contribution in [1.82, 2.24) is 0 Å². The zero-order valence-corrected chi connectivity index (χ0v) is 36.4. The van der Waals surface area contributed by atoms with Crippen molar-refractivity contribution in [1.29, 1.82) is 0 Å². The van der Waals surface area contributed by atoms with Crippen molar-refractivity contribution in [2.75, 3.05) is 4.90 Å². The first-order chi connectivity index (χ1) is 31.6. The summed E-state index contributed by atoms with van der Waals surface area (Å²) in [5.41, 5.74) is 17.3. The zero-order chi connectivity index (χ0) is 42.6. The van der Waals surface area contributed by atoms with E-state index in [9.17, 15) is 0 Å². The van der Waals surface area contributed by atoms with Gasteiger partial charge in [0.15, 0.2) is 0 Å². The van der Waals surface area contributed by atoms with Gasteiger partial charge in [0.1, 0.15) is 0 Å². The highest BCUT2D eigenvalue weighted by Crippen LogP contribution is 2.54. The highest BCUT2D eigenvalue weighted by Gasteiger charge is 2.41. The number of thiophene rings is 1. The van der Waals surface area contributed by atoms with Gasteiger partial charge in [-0.2, -0.15) is 0 Å². The van der Waals surface area contributed by atoms with Crippen LogP contribution in [0.4, 0.5) is 11.4 Å². The van der Waals surface area contributed by atoms with E-state index in [-0.39, 0.29) is 17.4 Å². The Bertz CT molecular complexity index is 3410. The molecule has 0 amide bonds. The Hall–Kier alpha value is -7.52. The van der Waals surface area contributed by atoms with Crippen molar-refractivity contribution in [2.24, 2.45) is 0 Å². The van der Waals surface area contributed by atoms with Crippen LogP contribution in [0.25, 0.3) is 64.7 Å². The molecule has 2 aliphatic rings. The van der Waals surface area contributed by atoms with Gasteiger partial charge in [-0.25, -0.2) is 0 Å². The second kappa shape index (κ2) is 15.7. The molecular weight excluding hydrogens is 791 g/mol. The third kappa shape index (κ3) is 6.28. The number of hydrogen-bond acceptors (Lipinski definition) is 2. The van der Waals surface area contributed by atoms with Crippen LogP contribution in [0.1, 0.15) is 35.1 Å². The molecule has 2 heteroatoms. The lowest BCUT2D eigenvalue weighted by atomic mass is 9.74. The van der Waals surface area contributed by atoms with Gasteiger partial charge in [0, 0.05) is 42.9 Å². The summed E-state index contributed by atoms with van der Waals surface area (Å²) in [7, 11) is 0. The van der Waals surface area contributed by atoms with Gasteiger partial charge in [0.2, 0.25) is 0 Å². The monoisotopic (exact) mass is 835 g/mol. The first-order valence-electron chi connectivity index (χ1n) is 22.3. The number of allylic oxidation sites excluding steroid dienone is 2. The second-order valence-electron chi connectivity index (χ2n) is 17.3. The van der Waals surface area contributed by atoms with Crippen molar-refractivity contribution in [3.05, 3.63) is 265 Å². The molecule has 9 aromatic carbocycles. The Kier molecular flexibility index (Phi) is 9.35. The van der Waals surface area contributed by atoms with E-state index >= 15 is 0 Å². The molecule has 64 heavy (non-hydrogen) atoms. The first kappa shape index (κ1) is 38.2. The van der Waals surface area contributed by atoms with Crippen LogP contribution in [0.15, 0.2) is 243 Å². The summed E-state index contributed by atoms with van der Waals surface area (Å²) in [4.78, 5) is 2.59. The molecule has 0 N–H and O–H groups in total. The number of nitrogens with zero attached hydrogens (tertiary/aromatic N) is 1. The SMILES string of the molecule is CC1(c2ccccc2)c2ccccc2-c2cc(N(c3ccc(-c4ccc5sc6ccccc6c5c4)cc3)C3C=CC=CC3c3ccccc3-c3ccccc3-c3ccccc3)ccc21. The minimum Gasteiger partial charge on any atom is -0.334 e. The zero-order valence-electron chi connectivity index (χ0n) is 35.6.